The molecule has 1 saturated heterocycles. The first-order valence-corrected chi connectivity index (χ1v) is 20.0. The number of hydrogen-bond acceptors (Lipinski definition) is 12. The molecular weight excluding hydrogens is 709 g/mol. The predicted molar refractivity (Wildman–Crippen MR) is 211 cm³/mol. The third-order valence-corrected chi connectivity index (χ3v) is 11.8. The molecule has 1 aliphatic heterocycles. The summed E-state index contributed by atoms with van der Waals surface area (Å²) in [6.07, 6.45) is -1.15. The van der Waals surface area contributed by atoms with Gasteiger partial charge in [-0.3, -0.25) is 4.90 Å². The molecule has 0 unspecified atom stereocenters. The molecule has 4 rings (SSSR count). The van der Waals surface area contributed by atoms with Crippen LogP contribution in [0.1, 0.15) is 72.4 Å². The number of hydrogen-bond donors (Lipinski definition) is 1. The average molecular weight is 769 g/mol. The first kappa shape index (κ1) is 42.5. The Morgan fingerprint density at radius 1 is 1.13 bits per heavy atom. The highest BCUT2D eigenvalue weighted by Gasteiger charge is 2.30. The van der Waals surface area contributed by atoms with Crippen LogP contribution in [0, 0.1) is 26.7 Å². The van der Waals surface area contributed by atoms with Crippen molar-refractivity contribution in [2.75, 3.05) is 58.4 Å². The van der Waals surface area contributed by atoms with E-state index >= 15 is 0 Å². The SMILES string of the molecule is CCOC(=O)N1CCOC[C@@H]1CNc1nc(-c2cccc(OC[C@H](CN(C)C(=O)OC(C)(C)C)O[SiH2]C(C)(C)C(C)C)c2)nc(-c2c(C)noc2C)c1C. The zero-order valence-electron chi connectivity index (χ0n) is 34.2. The Bertz CT molecular complexity index is 1710. The first-order chi connectivity index (χ1) is 25.4. The van der Waals surface area contributed by atoms with Crippen LogP contribution in [0.25, 0.3) is 22.6 Å². The zero-order valence-corrected chi connectivity index (χ0v) is 35.6. The fourth-order valence-corrected chi connectivity index (χ4v) is 6.85. The van der Waals surface area contributed by atoms with E-state index in [-0.39, 0.29) is 29.9 Å². The van der Waals surface area contributed by atoms with Gasteiger partial charge in [0, 0.05) is 31.3 Å². The highest BCUT2D eigenvalue weighted by molar-refractivity contribution is 6.32. The highest BCUT2D eigenvalue weighted by atomic mass is 28.2. The number of carbonyl (C=O) groups is 2. The van der Waals surface area contributed by atoms with Gasteiger partial charge in [0.25, 0.3) is 0 Å². The smallest absolute Gasteiger partial charge is 0.410 e. The largest absolute Gasteiger partial charge is 0.491 e. The maximum atomic E-state index is 12.9. The Labute approximate surface area is 322 Å². The number of nitrogens with one attached hydrogen (secondary N) is 1. The van der Waals surface area contributed by atoms with Gasteiger partial charge in [-0.05, 0) is 71.6 Å². The molecule has 1 fully saturated rings. The number of benzene rings is 1. The Morgan fingerprint density at radius 3 is 2.52 bits per heavy atom. The molecular formula is C39H60N6O8Si. The first-order valence-electron chi connectivity index (χ1n) is 18.8. The summed E-state index contributed by atoms with van der Waals surface area (Å²) in [6.45, 7) is 24.4. The monoisotopic (exact) mass is 768 g/mol. The number of likely N-dealkylation sites (N-methyl/N-ethyl adjacent to an activating group) is 1. The van der Waals surface area contributed by atoms with E-state index in [4.69, 9.17) is 37.9 Å². The van der Waals surface area contributed by atoms with Gasteiger partial charge in [0.05, 0.1) is 55.5 Å². The van der Waals surface area contributed by atoms with Crippen LogP contribution in [0.15, 0.2) is 28.8 Å². The van der Waals surface area contributed by atoms with Gasteiger partial charge in [0.2, 0.25) is 0 Å². The van der Waals surface area contributed by atoms with Crippen molar-refractivity contribution in [3.8, 4) is 28.4 Å². The molecule has 2 aromatic heterocycles. The summed E-state index contributed by atoms with van der Waals surface area (Å²) in [5, 5.41) is 7.71. The third-order valence-electron chi connectivity index (χ3n) is 9.62. The second kappa shape index (κ2) is 18.4. The second-order valence-electron chi connectivity index (χ2n) is 15.8. The molecule has 1 aromatic carbocycles. The molecule has 0 radical (unpaired) electrons. The number of morpholine rings is 1. The lowest BCUT2D eigenvalue weighted by molar-refractivity contribution is -0.00379. The van der Waals surface area contributed by atoms with E-state index in [0.717, 1.165) is 16.7 Å². The van der Waals surface area contributed by atoms with E-state index in [2.05, 4.69) is 38.2 Å². The average Bonchev–Trinajstić information content (AvgIpc) is 3.45. The number of aromatic nitrogens is 3. The molecule has 3 heterocycles. The van der Waals surface area contributed by atoms with Crippen molar-refractivity contribution >= 4 is 27.8 Å². The normalized spacial score (nSPS) is 15.8. The standard InChI is InChI=1S/C39H60N6O8Si/c1-13-49-37(47)45-17-18-48-22-29(45)20-40-34-25(4)33(32-26(5)43-52-27(32)6)41-35(42-34)28-15-14-16-30(19-28)50-23-31(53-54-39(10,11)24(2)3)21-44(12)36(46)51-38(7,8)9/h14-16,19,24,29,31H,13,17-18,20-23,54H2,1-12H3,(H,40,41,42)/t29-,31-/m0/s1. The van der Waals surface area contributed by atoms with Crippen molar-refractivity contribution in [1.82, 2.24) is 24.9 Å². The molecule has 0 spiro atoms. The Hall–Kier alpha value is -4.21. The molecule has 15 heteroatoms. The fourth-order valence-electron chi connectivity index (χ4n) is 5.65. The maximum Gasteiger partial charge on any atom is 0.410 e. The molecule has 54 heavy (non-hydrogen) atoms. The van der Waals surface area contributed by atoms with Gasteiger partial charge >= 0.3 is 12.2 Å². The highest BCUT2D eigenvalue weighted by Crippen LogP contribution is 2.35. The molecule has 0 bridgehead atoms. The summed E-state index contributed by atoms with van der Waals surface area (Å²) in [5.74, 6) is 2.76. The van der Waals surface area contributed by atoms with E-state index < -0.39 is 21.5 Å². The van der Waals surface area contributed by atoms with Crippen molar-refractivity contribution in [3.63, 3.8) is 0 Å². The van der Waals surface area contributed by atoms with E-state index in [1.165, 1.54) is 0 Å². The molecule has 0 saturated carbocycles. The summed E-state index contributed by atoms with van der Waals surface area (Å²) in [4.78, 5) is 38.8. The van der Waals surface area contributed by atoms with Crippen LogP contribution >= 0.6 is 0 Å². The van der Waals surface area contributed by atoms with Crippen LogP contribution in [0.4, 0.5) is 15.4 Å². The third kappa shape index (κ3) is 11.4. The van der Waals surface area contributed by atoms with Crippen LogP contribution in [0.5, 0.6) is 5.75 Å². The van der Waals surface area contributed by atoms with Crippen LogP contribution < -0.4 is 10.1 Å². The van der Waals surface area contributed by atoms with Gasteiger partial charge in [-0.2, -0.15) is 0 Å². The fraction of sp³-hybridized carbons (Fsp3) is 0.615. The summed E-state index contributed by atoms with van der Waals surface area (Å²) in [7, 11) is 0.709. The number of rotatable bonds is 15. The van der Waals surface area contributed by atoms with Crippen molar-refractivity contribution in [3.05, 3.63) is 41.3 Å². The Morgan fingerprint density at radius 2 is 1.87 bits per heavy atom. The molecule has 1 aliphatic rings. The lowest BCUT2D eigenvalue weighted by Gasteiger charge is -2.35. The number of aryl methyl sites for hydroxylation is 2. The van der Waals surface area contributed by atoms with E-state index in [0.29, 0.717) is 79.9 Å². The quantitative estimate of drug-likeness (QED) is 0.167. The topological polar surface area (TPSA) is 151 Å². The zero-order chi connectivity index (χ0) is 39.8. The lowest BCUT2D eigenvalue weighted by atomic mass is 9.99. The maximum absolute atomic E-state index is 12.9. The molecule has 2 atom stereocenters. The number of anilines is 1. The summed E-state index contributed by atoms with van der Waals surface area (Å²) >= 11 is 0. The van der Waals surface area contributed by atoms with E-state index in [1.54, 1.807) is 23.8 Å². The number of amides is 2. The Kier molecular flexibility index (Phi) is 14.5. The number of ether oxygens (including phenoxy) is 4. The van der Waals surface area contributed by atoms with Crippen LogP contribution in [-0.4, -0.2) is 118 Å². The number of nitrogens with zero attached hydrogens (tertiary/aromatic N) is 5. The van der Waals surface area contributed by atoms with Crippen molar-refractivity contribution in [2.45, 2.75) is 98.9 Å². The molecule has 14 nitrogen and oxygen atoms in total. The van der Waals surface area contributed by atoms with Gasteiger partial charge in [-0.1, -0.05) is 45.0 Å². The van der Waals surface area contributed by atoms with Crippen LogP contribution in [0.3, 0.4) is 0 Å². The predicted octanol–water partition coefficient (Wildman–Crippen LogP) is 6.56. The minimum absolute atomic E-state index is 0.0528. The molecule has 2 amide bonds. The van der Waals surface area contributed by atoms with Crippen molar-refractivity contribution in [2.24, 2.45) is 5.92 Å². The number of carbonyl (C=O) groups excluding carboxylic acids is 2. The lowest BCUT2D eigenvalue weighted by Crippen LogP contribution is -2.52. The Balaban J connectivity index is 1.62. The molecule has 1 N–H and O–H groups in total. The van der Waals surface area contributed by atoms with Gasteiger partial charge in [-0.25, -0.2) is 19.6 Å². The molecule has 0 aliphatic carbocycles. The molecule has 298 valence electrons. The molecule has 3 aromatic rings. The van der Waals surface area contributed by atoms with Crippen molar-refractivity contribution in [1.29, 1.82) is 0 Å². The second-order valence-corrected chi connectivity index (χ2v) is 18.3. The summed E-state index contributed by atoms with van der Waals surface area (Å²) < 4.78 is 35.1. The van der Waals surface area contributed by atoms with E-state index in [9.17, 15) is 9.59 Å². The van der Waals surface area contributed by atoms with Crippen LogP contribution in [-0.2, 0) is 18.6 Å². The minimum atomic E-state index is -1.01. The summed E-state index contributed by atoms with van der Waals surface area (Å²) in [5.41, 5.74) is 3.12. The van der Waals surface area contributed by atoms with Gasteiger partial charge < -0.3 is 38.1 Å². The van der Waals surface area contributed by atoms with Gasteiger partial charge in [-0.15, -0.1) is 0 Å². The minimum Gasteiger partial charge on any atom is -0.491 e. The summed E-state index contributed by atoms with van der Waals surface area (Å²) in [6, 6.07) is 7.34. The van der Waals surface area contributed by atoms with Crippen molar-refractivity contribution < 1.29 is 37.5 Å². The van der Waals surface area contributed by atoms with Gasteiger partial charge in [0.1, 0.15) is 29.5 Å². The van der Waals surface area contributed by atoms with E-state index in [1.807, 2.05) is 65.8 Å². The van der Waals surface area contributed by atoms with Crippen LogP contribution in [0.2, 0.25) is 5.04 Å². The van der Waals surface area contributed by atoms with Gasteiger partial charge in [0.15, 0.2) is 15.6 Å².